The van der Waals surface area contributed by atoms with Gasteiger partial charge in [-0.1, -0.05) is 311 Å². The molecule has 2 aliphatic heterocycles. The zero-order valence-corrected chi connectivity index (χ0v) is 57.5. The summed E-state index contributed by atoms with van der Waals surface area (Å²) in [7, 11) is -3.37. The minimum atomic E-state index is -1.68. The van der Waals surface area contributed by atoms with Gasteiger partial charge in [-0.25, -0.2) is 0 Å². The summed E-state index contributed by atoms with van der Waals surface area (Å²) in [5, 5.41) is 8.01. The standard InChI is InChI=1S/C90H71BN4Si2/c1-96(2,3)68-48-52-82-76(58-68)74-38-22-24-44-80(74)92(82)66-46-50-78-84(56-66)94(89-70(61-30-14-8-15-31-61)40-26-41-71(89)62-32-16-9-17-33-62)86-54-65(60-28-12-7-13-29-60)55-87-88(86)91(78)79-51-47-67(93-81-45-25-23-39-75(81)77-59-69(97(4,5)6)49-53-83(77)93)57-85(79)95(87)90-72(63-34-18-10-19-35-63)42-27-43-73(90)64-36-20-11-21-37-64/h7-59H,1-6H3. The maximum absolute atomic E-state index is 2.69. The van der Waals surface area contributed by atoms with Crippen molar-refractivity contribution >= 4 is 127 Å². The molecule has 2 aromatic heterocycles. The maximum atomic E-state index is 2.69. The summed E-state index contributed by atoms with van der Waals surface area (Å²) in [5.74, 6) is 0. The molecule has 0 bridgehead atoms. The van der Waals surface area contributed by atoms with E-state index in [0.717, 1.165) is 101 Å². The highest BCUT2D eigenvalue weighted by atomic mass is 28.3. The molecule has 462 valence electrons. The van der Waals surface area contributed by atoms with Crippen molar-refractivity contribution in [1.29, 1.82) is 0 Å². The van der Waals surface area contributed by atoms with Crippen molar-refractivity contribution in [2.75, 3.05) is 9.80 Å². The monoisotopic (exact) mass is 1270 g/mol. The van der Waals surface area contributed by atoms with Crippen LogP contribution < -0.4 is 36.6 Å². The summed E-state index contributed by atoms with van der Waals surface area (Å²) in [6.45, 7) is 14.5. The van der Waals surface area contributed by atoms with E-state index in [0.29, 0.717) is 0 Å². The van der Waals surface area contributed by atoms with Crippen LogP contribution in [-0.2, 0) is 0 Å². The van der Waals surface area contributed by atoms with Crippen LogP contribution in [0.5, 0.6) is 0 Å². The van der Waals surface area contributed by atoms with E-state index in [1.54, 1.807) is 0 Å². The first kappa shape index (κ1) is 58.4. The molecule has 4 heterocycles. The minimum absolute atomic E-state index is 0.224. The first-order valence-electron chi connectivity index (χ1n) is 34.1. The van der Waals surface area contributed by atoms with Crippen LogP contribution in [0.1, 0.15) is 0 Å². The number of rotatable bonds is 11. The van der Waals surface area contributed by atoms with Crippen LogP contribution >= 0.6 is 0 Å². The topological polar surface area (TPSA) is 16.3 Å². The Balaban J connectivity index is 1.01. The van der Waals surface area contributed by atoms with Crippen molar-refractivity contribution < 1.29 is 0 Å². The van der Waals surface area contributed by atoms with Crippen LogP contribution in [0, 0.1) is 0 Å². The lowest BCUT2D eigenvalue weighted by Gasteiger charge is -2.46. The van der Waals surface area contributed by atoms with Gasteiger partial charge in [0.25, 0.3) is 6.71 Å². The van der Waals surface area contributed by atoms with E-state index >= 15 is 0 Å². The van der Waals surface area contributed by atoms with E-state index in [1.165, 1.54) is 70.4 Å². The molecule has 0 saturated carbocycles. The van der Waals surface area contributed by atoms with Crippen molar-refractivity contribution in [2.24, 2.45) is 0 Å². The number of anilines is 6. The Bertz CT molecular complexity index is 5340. The fourth-order valence-corrected chi connectivity index (χ4v) is 18.3. The highest BCUT2D eigenvalue weighted by molar-refractivity contribution is 7.00. The predicted molar refractivity (Wildman–Crippen MR) is 422 cm³/mol. The summed E-state index contributed by atoms with van der Waals surface area (Å²) in [6.07, 6.45) is 0. The zero-order valence-electron chi connectivity index (χ0n) is 55.5. The highest BCUT2D eigenvalue weighted by Crippen LogP contribution is 2.54. The maximum Gasteiger partial charge on any atom is 0.252 e. The van der Waals surface area contributed by atoms with Gasteiger partial charge in [-0.3, -0.25) is 0 Å². The molecule has 0 fully saturated rings. The normalized spacial score (nSPS) is 12.8. The van der Waals surface area contributed by atoms with Gasteiger partial charge in [-0.2, -0.15) is 0 Å². The van der Waals surface area contributed by atoms with Gasteiger partial charge in [0, 0.05) is 77.9 Å². The summed E-state index contributed by atoms with van der Waals surface area (Å²) in [6, 6.07) is 122. The smallest absolute Gasteiger partial charge is 0.252 e. The molecule has 97 heavy (non-hydrogen) atoms. The first-order chi connectivity index (χ1) is 47.4. The van der Waals surface area contributed by atoms with Crippen LogP contribution in [0.4, 0.5) is 34.1 Å². The lowest BCUT2D eigenvalue weighted by molar-refractivity contribution is 1.17. The van der Waals surface area contributed by atoms with Gasteiger partial charge in [0.1, 0.15) is 0 Å². The number of hydrogen-bond donors (Lipinski definition) is 0. The van der Waals surface area contributed by atoms with Gasteiger partial charge in [0.2, 0.25) is 0 Å². The first-order valence-corrected chi connectivity index (χ1v) is 41.1. The summed E-state index contributed by atoms with van der Waals surface area (Å²) in [4.78, 5) is 5.38. The molecule has 16 aromatic rings. The molecule has 18 rings (SSSR count). The van der Waals surface area contributed by atoms with Crippen molar-refractivity contribution in [3.05, 3.63) is 322 Å². The minimum Gasteiger partial charge on any atom is -0.310 e. The van der Waals surface area contributed by atoms with E-state index in [-0.39, 0.29) is 6.71 Å². The van der Waals surface area contributed by atoms with E-state index < -0.39 is 16.1 Å². The largest absolute Gasteiger partial charge is 0.310 e. The number of fused-ring (bicyclic) bond motifs is 10. The van der Waals surface area contributed by atoms with Gasteiger partial charge in [0.15, 0.2) is 0 Å². The molecular weight excluding hydrogens is 1200 g/mol. The number of nitrogens with zero attached hydrogens (tertiary/aromatic N) is 4. The summed E-state index contributed by atoms with van der Waals surface area (Å²) in [5.41, 5.74) is 28.9. The van der Waals surface area contributed by atoms with Gasteiger partial charge >= 0.3 is 0 Å². The molecule has 2 aliphatic rings. The van der Waals surface area contributed by atoms with E-state index in [9.17, 15) is 0 Å². The average Bonchev–Trinajstić information content (AvgIpc) is 1.30. The molecule has 0 amide bonds. The summed E-state index contributed by atoms with van der Waals surface area (Å²) < 4.78 is 5.07. The van der Waals surface area contributed by atoms with E-state index in [2.05, 4.69) is 380 Å². The Morgan fingerprint density at radius 3 is 0.938 bits per heavy atom. The SMILES string of the molecule is C[Si](C)(C)c1ccc2c(c1)c1ccccc1n2-c1ccc2c(c1)N(c1c(-c3ccccc3)cccc1-c1ccccc1)c1cc(-c3ccccc3)cc3c1B2c1ccc(-n2c4ccccc4c4cc([Si](C)(C)C)ccc42)cc1N3c1c(-c2ccccc2)cccc1-c1ccccc1. The molecule has 0 aliphatic carbocycles. The average molecular weight is 1280 g/mol. The molecule has 0 spiro atoms. The lowest BCUT2D eigenvalue weighted by atomic mass is 9.33. The quantitative estimate of drug-likeness (QED) is 0.120. The third-order valence-electron chi connectivity index (χ3n) is 20.6. The van der Waals surface area contributed by atoms with E-state index in [4.69, 9.17) is 0 Å². The van der Waals surface area contributed by atoms with Gasteiger partial charge < -0.3 is 18.9 Å². The second-order valence-corrected chi connectivity index (χ2v) is 38.6. The zero-order chi connectivity index (χ0) is 65.3. The molecule has 14 aromatic carbocycles. The predicted octanol–water partition coefficient (Wildman–Crippen LogP) is 21.4. The van der Waals surface area contributed by atoms with Gasteiger partial charge in [-0.15, -0.1) is 0 Å². The van der Waals surface area contributed by atoms with Crippen molar-refractivity contribution in [2.45, 2.75) is 39.3 Å². The molecule has 0 saturated heterocycles. The lowest BCUT2D eigenvalue weighted by Crippen LogP contribution is -2.61. The van der Waals surface area contributed by atoms with Gasteiger partial charge in [-0.05, 0) is 110 Å². The second kappa shape index (κ2) is 22.7. The van der Waals surface area contributed by atoms with Crippen LogP contribution in [0.3, 0.4) is 0 Å². The van der Waals surface area contributed by atoms with Crippen LogP contribution in [0.15, 0.2) is 322 Å². The summed E-state index contributed by atoms with van der Waals surface area (Å²) >= 11 is 0. The third-order valence-corrected chi connectivity index (χ3v) is 24.7. The Hall–Kier alpha value is -11.2. The molecule has 0 radical (unpaired) electrons. The number of hydrogen-bond acceptors (Lipinski definition) is 2. The molecule has 0 atom stereocenters. The molecule has 0 N–H and O–H groups in total. The van der Waals surface area contributed by atoms with Crippen molar-refractivity contribution in [3.63, 3.8) is 0 Å². The van der Waals surface area contributed by atoms with E-state index in [1.807, 2.05) is 0 Å². The fraction of sp³-hybridized carbons (Fsp3) is 0.0667. The molecule has 4 nitrogen and oxygen atoms in total. The van der Waals surface area contributed by atoms with Crippen LogP contribution in [0.25, 0.3) is 111 Å². The number of para-hydroxylation sites is 4. The Morgan fingerprint density at radius 2 is 0.577 bits per heavy atom. The fourth-order valence-electron chi connectivity index (χ4n) is 15.9. The van der Waals surface area contributed by atoms with Crippen LogP contribution in [0.2, 0.25) is 39.3 Å². The molecular formula is C90H71BN4Si2. The number of aromatic nitrogens is 2. The van der Waals surface area contributed by atoms with Crippen molar-refractivity contribution in [3.8, 4) is 67.0 Å². The Labute approximate surface area is 570 Å². The Kier molecular flexibility index (Phi) is 13.7. The number of benzene rings is 14. The Morgan fingerprint density at radius 1 is 0.247 bits per heavy atom. The van der Waals surface area contributed by atoms with Gasteiger partial charge in [0.05, 0.1) is 49.6 Å². The van der Waals surface area contributed by atoms with Crippen LogP contribution in [-0.4, -0.2) is 32.0 Å². The van der Waals surface area contributed by atoms with Crippen molar-refractivity contribution in [1.82, 2.24) is 9.13 Å². The second-order valence-electron chi connectivity index (χ2n) is 28.4. The molecule has 0 unspecified atom stereocenters. The third kappa shape index (κ3) is 9.54. The highest BCUT2D eigenvalue weighted by Gasteiger charge is 2.46. The molecule has 7 heteroatoms.